The monoisotopic (exact) mass is 184 g/mol. The maximum atomic E-state index is 5.50. The zero-order chi connectivity index (χ0) is 10.2. The molecule has 0 unspecified atom stereocenters. The summed E-state index contributed by atoms with van der Waals surface area (Å²) in [5, 5.41) is 4.25. The molecule has 0 spiro atoms. The molecular formula is C12H12N2. The van der Waals surface area contributed by atoms with Crippen LogP contribution >= 0.6 is 0 Å². The average molecular weight is 184 g/mol. The maximum absolute atomic E-state index is 5.50. The van der Waals surface area contributed by atoms with Crippen LogP contribution in [-0.4, -0.2) is 9.61 Å². The quantitative estimate of drug-likeness (QED) is 0.621. The predicted octanol–water partition coefficient (Wildman–Crippen LogP) is 2.25. The van der Waals surface area contributed by atoms with Crippen LogP contribution in [0.1, 0.15) is 19.4 Å². The van der Waals surface area contributed by atoms with Crippen molar-refractivity contribution in [2.24, 2.45) is 0 Å². The van der Waals surface area contributed by atoms with E-state index in [9.17, 15) is 0 Å². The molecule has 2 nitrogen and oxygen atoms in total. The smallest absolute Gasteiger partial charge is 0.0708 e. The summed E-state index contributed by atoms with van der Waals surface area (Å²) in [6.07, 6.45) is 9.27. The second-order valence-corrected chi connectivity index (χ2v) is 3.86. The Labute approximate surface area is 83.6 Å². The van der Waals surface area contributed by atoms with Gasteiger partial charge in [-0.15, -0.1) is 6.42 Å². The molecule has 0 aliphatic carbocycles. The molecule has 14 heavy (non-hydrogen) atoms. The molecular weight excluding hydrogens is 172 g/mol. The first-order valence-corrected chi connectivity index (χ1v) is 4.56. The highest BCUT2D eigenvalue weighted by atomic mass is 15.2. The van der Waals surface area contributed by atoms with E-state index < -0.39 is 0 Å². The number of aromatic nitrogens is 2. The molecule has 70 valence electrons. The van der Waals surface area contributed by atoms with Gasteiger partial charge in [0.25, 0.3) is 0 Å². The minimum absolute atomic E-state index is 0.261. The number of rotatable bonds is 1. The lowest BCUT2D eigenvalue weighted by atomic mass is 9.87. The zero-order valence-corrected chi connectivity index (χ0v) is 8.36. The molecule has 2 heteroatoms. The first kappa shape index (κ1) is 8.83. The van der Waals surface area contributed by atoms with Crippen molar-refractivity contribution in [1.82, 2.24) is 9.61 Å². The number of hydrogen-bond acceptors (Lipinski definition) is 1. The van der Waals surface area contributed by atoms with E-state index in [1.54, 1.807) is 0 Å². The highest BCUT2D eigenvalue weighted by molar-refractivity contribution is 5.58. The lowest BCUT2D eigenvalue weighted by molar-refractivity contribution is 0.706. The third-order valence-electron chi connectivity index (χ3n) is 2.46. The molecule has 0 aliphatic rings. The molecule has 0 aliphatic heterocycles. The van der Waals surface area contributed by atoms with E-state index in [1.807, 2.05) is 49.0 Å². The number of hydrogen-bond donors (Lipinski definition) is 0. The minimum atomic E-state index is -0.261. The third-order valence-corrected chi connectivity index (χ3v) is 2.46. The Hall–Kier alpha value is -1.75. The van der Waals surface area contributed by atoms with Crippen LogP contribution in [0.2, 0.25) is 0 Å². The Morgan fingerprint density at radius 2 is 2.21 bits per heavy atom. The average Bonchev–Trinajstić information content (AvgIpc) is 2.61. The highest BCUT2D eigenvalue weighted by Gasteiger charge is 2.21. The van der Waals surface area contributed by atoms with Crippen molar-refractivity contribution >= 4 is 5.52 Å². The predicted molar refractivity (Wildman–Crippen MR) is 57.1 cm³/mol. The highest BCUT2D eigenvalue weighted by Crippen LogP contribution is 2.25. The molecule has 0 N–H and O–H groups in total. The van der Waals surface area contributed by atoms with E-state index in [0.717, 1.165) is 11.1 Å². The van der Waals surface area contributed by atoms with Gasteiger partial charge in [0.15, 0.2) is 0 Å². The van der Waals surface area contributed by atoms with Crippen LogP contribution in [0.3, 0.4) is 0 Å². The SMILES string of the molecule is C#CC(C)(C)c1cnn2ccccc12. The fraction of sp³-hybridized carbons (Fsp3) is 0.250. The zero-order valence-electron chi connectivity index (χ0n) is 8.36. The minimum Gasteiger partial charge on any atom is -0.241 e. The van der Waals surface area contributed by atoms with Gasteiger partial charge >= 0.3 is 0 Å². The number of terminal acetylenes is 1. The van der Waals surface area contributed by atoms with Gasteiger partial charge in [-0.25, -0.2) is 4.52 Å². The summed E-state index contributed by atoms with van der Waals surface area (Å²) in [4.78, 5) is 0. The molecule has 0 amide bonds. The Morgan fingerprint density at radius 3 is 2.93 bits per heavy atom. The van der Waals surface area contributed by atoms with E-state index in [4.69, 9.17) is 6.42 Å². The number of nitrogens with zero attached hydrogens (tertiary/aromatic N) is 2. The van der Waals surface area contributed by atoms with E-state index in [-0.39, 0.29) is 5.41 Å². The van der Waals surface area contributed by atoms with E-state index in [0.29, 0.717) is 0 Å². The van der Waals surface area contributed by atoms with Crippen molar-refractivity contribution in [1.29, 1.82) is 0 Å². The molecule has 2 aromatic heterocycles. The van der Waals surface area contributed by atoms with Crippen LogP contribution in [0.4, 0.5) is 0 Å². The molecule has 0 radical (unpaired) electrons. The first-order valence-electron chi connectivity index (χ1n) is 4.56. The lowest BCUT2D eigenvalue weighted by Crippen LogP contribution is -2.13. The van der Waals surface area contributed by atoms with Crippen LogP contribution in [0.15, 0.2) is 30.6 Å². The van der Waals surface area contributed by atoms with Gasteiger partial charge in [-0.05, 0) is 26.0 Å². The van der Waals surface area contributed by atoms with Crippen LogP contribution in [0.5, 0.6) is 0 Å². The van der Waals surface area contributed by atoms with Gasteiger partial charge in [-0.3, -0.25) is 0 Å². The summed E-state index contributed by atoms with van der Waals surface area (Å²) < 4.78 is 1.84. The summed E-state index contributed by atoms with van der Waals surface area (Å²) in [6.45, 7) is 4.05. The standard InChI is InChI=1S/C12H12N2/c1-4-12(2,3)10-9-13-14-8-6-5-7-11(10)14/h1,5-9H,2-3H3. The fourth-order valence-corrected chi connectivity index (χ4v) is 1.49. The van der Waals surface area contributed by atoms with E-state index >= 15 is 0 Å². The first-order chi connectivity index (χ1) is 6.65. The summed E-state index contributed by atoms with van der Waals surface area (Å²) in [7, 11) is 0. The van der Waals surface area contributed by atoms with Gasteiger partial charge < -0.3 is 0 Å². The van der Waals surface area contributed by atoms with Crippen molar-refractivity contribution < 1.29 is 0 Å². The Kier molecular flexibility index (Phi) is 1.82. The van der Waals surface area contributed by atoms with E-state index in [2.05, 4.69) is 11.0 Å². The second kappa shape index (κ2) is 2.88. The molecule has 0 saturated carbocycles. The van der Waals surface area contributed by atoms with Gasteiger partial charge in [0.1, 0.15) is 0 Å². The Balaban J connectivity index is 2.72. The van der Waals surface area contributed by atoms with Crippen LogP contribution in [-0.2, 0) is 5.41 Å². The molecule has 2 rings (SSSR count). The van der Waals surface area contributed by atoms with Crippen molar-refractivity contribution in [2.45, 2.75) is 19.3 Å². The molecule has 0 fully saturated rings. The number of pyridine rings is 1. The number of fused-ring (bicyclic) bond motifs is 1. The summed E-state index contributed by atoms with van der Waals surface area (Å²) in [6, 6.07) is 5.97. The van der Waals surface area contributed by atoms with Crippen LogP contribution < -0.4 is 0 Å². The van der Waals surface area contributed by atoms with Crippen molar-refractivity contribution in [3.05, 3.63) is 36.2 Å². The van der Waals surface area contributed by atoms with E-state index in [1.165, 1.54) is 0 Å². The Morgan fingerprint density at radius 1 is 1.43 bits per heavy atom. The normalized spacial score (nSPS) is 11.5. The summed E-state index contributed by atoms with van der Waals surface area (Å²) >= 11 is 0. The van der Waals surface area contributed by atoms with Crippen LogP contribution in [0.25, 0.3) is 5.52 Å². The van der Waals surface area contributed by atoms with Crippen molar-refractivity contribution in [3.8, 4) is 12.3 Å². The summed E-state index contributed by atoms with van der Waals surface area (Å²) in [5.74, 6) is 2.78. The van der Waals surface area contributed by atoms with Crippen LogP contribution in [0, 0.1) is 12.3 Å². The molecule has 0 aromatic carbocycles. The Bertz CT molecular complexity index is 500. The van der Waals surface area contributed by atoms with Crippen molar-refractivity contribution in [3.63, 3.8) is 0 Å². The lowest BCUT2D eigenvalue weighted by Gasteiger charge is -2.15. The maximum Gasteiger partial charge on any atom is 0.0708 e. The van der Waals surface area contributed by atoms with Gasteiger partial charge in [0, 0.05) is 11.8 Å². The topological polar surface area (TPSA) is 17.3 Å². The molecule has 2 aromatic rings. The van der Waals surface area contributed by atoms with Gasteiger partial charge in [0.2, 0.25) is 0 Å². The van der Waals surface area contributed by atoms with Gasteiger partial charge in [0.05, 0.1) is 17.1 Å². The summed E-state index contributed by atoms with van der Waals surface area (Å²) in [5.41, 5.74) is 1.92. The van der Waals surface area contributed by atoms with Gasteiger partial charge in [-0.2, -0.15) is 5.10 Å². The molecule has 0 saturated heterocycles. The molecule has 0 atom stereocenters. The largest absolute Gasteiger partial charge is 0.241 e. The fourth-order valence-electron chi connectivity index (χ4n) is 1.49. The second-order valence-electron chi connectivity index (χ2n) is 3.86. The van der Waals surface area contributed by atoms with Crippen molar-refractivity contribution in [2.75, 3.05) is 0 Å². The third kappa shape index (κ3) is 1.18. The molecule has 0 bridgehead atoms. The molecule has 2 heterocycles. The van der Waals surface area contributed by atoms with Gasteiger partial charge in [-0.1, -0.05) is 12.0 Å².